The molecule has 0 bridgehead atoms. The number of anilines is 2. The monoisotopic (exact) mass is 1970 g/mol. The molecule has 0 aromatic heterocycles. The molecule has 0 saturated heterocycles. The molecule has 4 aliphatic heterocycles. The first-order chi connectivity index (χ1) is 58.6. The number of halogens is 9. The minimum absolute atomic E-state index is 0. The molecule has 8 aliphatic rings. The summed E-state index contributed by atoms with van der Waals surface area (Å²) in [5.74, 6) is 3.25. The number of hydrogen-bond donors (Lipinski definition) is 0. The molecule has 698 valence electrons. The van der Waals surface area contributed by atoms with Gasteiger partial charge in [0.15, 0.2) is 18.0 Å². The van der Waals surface area contributed by atoms with E-state index in [0.717, 1.165) is 92.0 Å². The maximum absolute atomic E-state index is 10.7. The third-order valence-corrected chi connectivity index (χ3v) is 24.5. The van der Waals surface area contributed by atoms with E-state index in [4.69, 9.17) is 39.7 Å². The standard InChI is InChI=1S/C47H49BrClN2O.C46H57N2O.2C5H6.4CH3.ClHO4.F6P.2Fe/c1-34(2)27-28-50-42-18-11-10-17-40(42)46(3,32-35-13-6-5-7-14-35)44(50)19-12-20-45-47(4,33-36-15-8-9-16-36)41-31-38(49)23-26-43(41)51(45)29-30-52-39-24-21-37(48)22-25-39;1-5-7-8-9-10-20-34-47-41-28-18-16-26-39(41)45(3,6-2)43(47)30-21-31-44-46(4,33-32-37-22-14-15-23-37)40-27-17-19-29-42(40)48(44)35-36-49-38-24-12-11-13-25-38;2*1-2-4-5-3-1;;;;;2-1(3,4)5;1-7(2,3,4,5)6;;/h5-26,31,34,36H,27-30,32-33H2,1-4H3;11-19,21-31,37H,5-10,20,32-36H2,1-4H3;2*1-4H,5H2;4*1H3;(H,2,3,4,5);;;/q2*+1;;;4*-1;;-1;2*+2/p-1. The summed E-state index contributed by atoms with van der Waals surface area (Å²) in [6.45, 7) is 23.8. The van der Waals surface area contributed by atoms with Gasteiger partial charge < -0.3 is 49.0 Å². The van der Waals surface area contributed by atoms with Crippen molar-refractivity contribution in [1.82, 2.24) is 0 Å². The summed E-state index contributed by atoms with van der Waals surface area (Å²) in [4.78, 5) is 5.10. The Labute approximate surface area is 803 Å². The van der Waals surface area contributed by atoms with Gasteiger partial charge in [0.25, 0.3) is 0 Å². The zero-order chi connectivity index (χ0) is 88.4. The molecule has 7 aromatic carbocycles. The van der Waals surface area contributed by atoms with Gasteiger partial charge in [-0.3, -0.25) is 0 Å². The van der Waals surface area contributed by atoms with Crippen molar-refractivity contribution in [1.29, 1.82) is 0 Å². The summed E-state index contributed by atoms with van der Waals surface area (Å²) in [5, 5.41) is 0.766. The summed E-state index contributed by atoms with van der Waals surface area (Å²) in [5.41, 5.74) is 17.0. The fourth-order valence-corrected chi connectivity index (χ4v) is 18.0. The van der Waals surface area contributed by atoms with Crippen LogP contribution in [-0.4, -0.2) is 60.0 Å². The molecule has 0 fully saturated rings. The Hall–Kier alpha value is -8.09. The summed E-state index contributed by atoms with van der Waals surface area (Å²) < 4.78 is 112. The van der Waals surface area contributed by atoms with Gasteiger partial charge in [-0.05, 0) is 186 Å². The zero-order valence-corrected chi connectivity index (χ0v) is 82.8. The van der Waals surface area contributed by atoms with Crippen molar-refractivity contribution < 1.29 is 107 Å². The Balaban J connectivity index is 0.000000420. The van der Waals surface area contributed by atoms with Gasteiger partial charge in [0, 0.05) is 91.5 Å². The molecule has 7 aromatic rings. The van der Waals surface area contributed by atoms with E-state index in [1.165, 1.54) is 112 Å². The van der Waals surface area contributed by atoms with Crippen LogP contribution >= 0.6 is 35.3 Å². The van der Waals surface area contributed by atoms with Gasteiger partial charge in [-0.15, -0.1) is 10.2 Å². The molecule has 10 nitrogen and oxygen atoms in total. The van der Waals surface area contributed by atoms with Crippen LogP contribution in [0.15, 0.2) is 325 Å². The molecule has 4 unspecified atom stereocenters. The van der Waals surface area contributed by atoms with Crippen molar-refractivity contribution in [3.05, 3.63) is 388 Å². The normalized spacial score (nSPS) is 20.3. The fourth-order valence-electron chi connectivity index (χ4n) is 17.5. The molecular formula is C107H130BrCl2F6Fe2N4O6P. The van der Waals surface area contributed by atoms with E-state index in [9.17, 15) is 25.2 Å². The Morgan fingerprint density at radius 1 is 0.504 bits per heavy atom. The maximum atomic E-state index is 9.87. The average Bonchev–Trinajstić information content (AvgIpc) is 1.59. The summed E-state index contributed by atoms with van der Waals surface area (Å²) >= 11 is 10.3. The van der Waals surface area contributed by atoms with E-state index in [1.54, 1.807) is 0 Å². The molecule has 0 N–H and O–H groups in total. The topological polar surface area (TPSA) is 123 Å². The number of allylic oxidation sites excluding steroid dienone is 24. The second-order valence-electron chi connectivity index (χ2n) is 33.3. The second-order valence-corrected chi connectivity index (χ2v) is 37.3. The minimum Gasteiger partial charge on any atom is -0.358 e. The van der Waals surface area contributed by atoms with Crippen LogP contribution in [0.2, 0.25) is 5.02 Å². The number of ether oxygens (including phenoxy) is 2. The van der Waals surface area contributed by atoms with E-state index in [1.807, 2.05) is 60.7 Å². The van der Waals surface area contributed by atoms with Crippen molar-refractivity contribution in [2.45, 2.75) is 167 Å². The Bertz CT molecular complexity index is 5080. The number of benzene rings is 7. The zero-order valence-electron chi connectivity index (χ0n) is 76.6. The fraction of sp³-hybridized carbons (Fsp3) is 0.327. The quantitative estimate of drug-likeness (QED) is 0.0109. The second kappa shape index (κ2) is 51.2. The summed E-state index contributed by atoms with van der Waals surface area (Å²) in [6, 6.07) is 62.8. The largest absolute Gasteiger partial charge is 2.00 e. The molecule has 0 amide bonds. The van der Waals surface area contributed by atoms with Crippen LogP contribution in [0.1, 0.15) is 167 Å². The van der Waals surface area contributed by atoms with E-state index in [2.05, 4.69) is 339 Å². The number of fused-ring (bicyclic) bond motifs is 4. The number of para-hydroxylation sites is 4. The van der Waals surface area contributed by atoms with Gasteiger partial charge in [0.05, 0.1) is 17.4 Å². The molecule has 22 heteroatoms. The third kappa shape index (κ3) is 33.3. The predicted molar refractivity (Wildman–Crippen MR) is 516 cm³/mol. The molecule has 4 atom stereocenters. The first kappa shape index (κ1) is 113. The molecule has 129 heavy (non-hydrogen) atoms. The first-order valence-corrected chi connectivity index (χ1v) is 47.4. The summed E-state index contributed by atoms with van der Waals surface area (Å²) in [7, 11) is -15.6. The number of unbranched alkanes of at least 4 members (excludes halogenated alkanes) is 5. The Morgan fingerprint density at radius 2 is 0.946 bits per heavy atom. The van der Waals surface area contributed by atoms with Gasteiger partial charge in [-0.2, -0.15) is 9.15 Å². The van der Waals surface area contributed by atoms with Crippen LogP contribution in [0.5, 0.6) is 11.5 Å². The number of hydrogen-bond acceptors (Lipinski definition) is 8. The molecule has 0 saturated carbocycles. The molecule has 15 rings (SSSR count). The SMILES string of the molecule is C1=CCC=C1.C1=CCC=C1.CC(C)CC[N+]1=C(C=CC=C2N(CCOc3ccc(Br)cc3)c3ccc(Cl)cc3C2(C)CC2C=CC=C2)C(C)(Cc2ccccc2)c2ccccc21.CCCCCCCCN1/C(=C\C=C\C2=[N+](CCOc3ccccc3)c3ccccc3C2(C)CCC2C=CC=C2)C(C)(CC)c2ccccc21.F[P-](F)(F)(F)(F)F.[CH3-].[CH3-].[CH3-].[CH3-].[Fe+2].[Fe+2].[O-][Cl+3]([O-])([O-])[O-]. The molecule has 4 heterocycles. The maximum Gasteiger partial charge on any atom is 2.00 e. The van der Waals surface area contributed by atoms with Crippen molar-refractivity contribution in [3.63, 3.8) is 0 Å². The van der Waals surface area contributed by atoms with Crippen molar-refractivity contribution in [3.8, 4) is 11.5 Å². The number of rotatable bonds is 30. The molecular weight excluding hydrogens is 1840 g/mol. The minimum atomic E-state index is -10.7. The van der Waals surface area contributed by atoms with Crippen molar-refractivity contribution in [2.24, 2.45) is 17.8 Å². The van der Waals surface area contributed by atoms with Crippen LogP contribution in [0.3, 0.4) is 0 Å². The van der Waals surface area contributed by atoms with Crippen LogP contribution in [0.4, 0.5) is 47.9 Å². The number of nitrogens with zero attached hydrogens (tertiary/aromatic N) is 4. The van der Waals surface area contributed by atoms with Crippen LogP contribution < -0.4 is 37.9 Å². The molecule has 0 radical (unpaired) electrons. The van der Waals surface area contributed by atoms with Gasteiger partial charge in [-0.1, -0.05) is 300 Å². The molecule has 0 spiro atoms. The smallest absolute Gasteiger partial charge is 0.358 e. The van der Waals surface area contributed by atoms with Crippen LogP contribution in [0, 0.1) is 57.7 Å². The van der Waals surface area contributed by atoms with Gasteiger partial charge >= 0.3 is 67.1 Å². The van der Waals surface area contributed by atoms with E-state index >= 15 is 0 Å². The predicted octanol–water partition coefficient (Wildman–Crippen LogP) is 27.2. The van der Waals surface area contributed by atoms with Crippen LogP contribution in [-0.2, 0) is 62.2 Å². The van der Waals surface area contributed by atoms with E-state index < -0.39 is 18.1 Å². The van der Waals surface area contributed by atoms with Gasteiger partial charge in [-0.25, -0.2) is 18.6 Å². The summed E-state index contributed by atoms with van der Waals surface area (Å²) in [6.07, 6.45) is 65.5. The average molecular weight is 1980 g/mol. The molecule has 4 aliphatic carbocycles. The Kier molecular flexibility index (Phi) is 45.0. The third-order valence-electron chi connectivity index (χ3n) is 23.7. The van der Waals surface area contributed by atoms with Crippen molar-refractivity contribution >= 4 is 69.5 Å². The Morgan fingerprint density at radius 3 is 1.47 bits per heavy atom. The van der Waals surface area contributed by atoms with Gasteiger partial charge in [0.1, 0.15) is 31.3 Å². The van der Waals surface area contributed by atoms with Crippen LogP contribution in [0.25, 0.3) is 0 Å². The first-order valence-electron chi connectivity index (χ1n) is 42.9. The van der Waals surface area contributed by atoms with E-state index in [0.29, 0.717) is 37.5 Å². The van der Waals surface area contributed by atoms with Crippen molar-refractivity contribution in [2.75, 3.05) is 49.2 Å². The van der Waals surface area contributed by atoms with E-state index in [-0.39, 0.29) is 85.5 Å². The van der Waals surface area contributed by atoms with Gasteiger partial charge in [0.2, 0.25) is 11.4 Å².